The van der Waals surface area contributed by atoms with Crippen molar-refractivity contribution in [3.63, 3.8) is 0 Å². The lowest BCUT2D eigenvalue weighted by atomic mass is 9.81. The van der Waals surface area contributed by atoms with E-state index < -0.39 is 11.6 Å². The Labute approximate surface area is 220 Å². The highest BCUT2D eigenvalue weighted by Gasteiger charge is 2.51. The number of quaternary nitrogens is 1. The van der Waals surface area contributed by atoms with E-state index in [0.717, 1.165) is 31.5 Å². The Morgan fingerprint density at radius 2 is 1.81 bits per heavy atom. The first-order valence-corrected chi connectivity index (χ1v) is 12.0. The Hall–Kier alpha value is -3.01. The molecule has 0 spiro atoms. The number of aliphatic hydroxyl groups is 1. The predicted molar refractivity (Wildman–Crippen MR) is 128 cm³/mol. The molecule has 3 aromatic rings. The van der Waals surface area contributed by atoms with Crippen LogP contribution in [0.2, 0.25) is 0 Å². The number of rotatable bonds is 7. The number of anilines is 1. The number of hydrogen-bond acceptors (Lipinski definition) is 6. The fourth-order valence-corrected chi connectivity index (χ4v) is 5.61. The van der Waals surface area contributed by atoms with Crippen LogP contribution in [-0.2, 0) is 19.9 Å². The van der Waals surface area contributed by atoms with E-state index in [0.29, 0.717) is 28.0 Å². The zero-order chi connectivity index (χ0) is 24.5. The van der Waals surface area contributed by atoms with Gasteiger partial charge < -0.3 is 41.1 Å². The van der Waals surface area contributed by atoms with Crippen molar-refractivity contribution in [3.8, 4) is 0 Å². The quantitative estimate of drug-likeness (QED) is 0.314. The Morgan fingerprint density at radius 1 is 1.11 bits per heavy atom. The van der Waals surface area contributed by atoms with Gasteiger partial charge in [0, 0.05) is 30.4 Å². The first-order valence-electron chi connectivity index (χ1n) is 12.0. The fourth-order valence-electron chi connectivity index (χ4n) is 5.61. The number of aryl methyl sites for hydroxylation is 1. The van der Waals surface area contributed by atoms with Gasteiger partial charge in [0.25, 0.3) is 5.91 Å². The van der Waals surface area contributed by atoms with Crippen LogP contribution in [0.1, 0.15) is 29.5 Å². The average molecular weight is 556 g/mol. The number of nitrogens with zero attached hydrogens (tertiary/aromatic N) is 2. The van der Waals surface area contributed by atoms with Crippen LogP contribution in [0.3, 0.4) is 0 Å². The Morgan fingerprint density at radius 3 is 2.47 bits per heavy atom. The van der Waals surface area contributed by atoms with Gasteiger partial charge in [-0.05, 0) is 18.1 Å². The van der Waals surface area contributed by atoms with E-state index >= 15 is 0 Å². The molecule has 2 bridgehead atoms. The van der Waals surface area contributed by atoms with E-state index in [9.17, 15) is 14.7 Å². The van der Waals surface area contributed by atoms with E-state index in [1.165, 1.54) is 6.26 Å². The van der Waals surface area contributed by atoms with Gasteiger partial charge in [-0.25, -0.2) is 4.79 Å². The summed E-state index contributed by atoms with van der Waals surface area (Å²) in [5.74, 6) is -0.226. The number of esters is 1. The van der Waals surface area contributed by atoms with Gasteiger partial charge in [-0.2, -0.15) is 0 Å². The van der Waals surface area contributed by atoms with Crippen LogP contribution < -0.4 is 22.3 Å². The molecule has 8 nitrogen and oxygen atoms in total. The van der Waals surface area contributed by atoms with Gasteiger partial charge >= 0.3 is 5.97 Å². The van der Waals surface area contributed by atoms with Gasteiger partial charge in [-0.1, -0.05) is 59.8 Å². The number of nitrogens with one attached hydrogen (secondary N) is 1. The van der Waals surface area contributed by atoms with Crippen LogP contribution in [0.15, 0.2) is 71.4 Å². The van der Waals surface area contributed by atoms with Crippen LogP contribution in [0.5, 0.6) is 0 Å². The zero-order valence-corrected chi connectivity index (χ0v) is 21.7. The normalized spacial score (nSPS) is 24.3. The molecule has 3 saturated heterocycles. The van der Waals surface area contributed by atoms with E-state index in [1.54, 1.807) is 36.4 Å². The third-order valence-corrected chi connectivity index (χ3v) is 7.51. The summed E-state index contributed by atoms with van der Waals surface area (Å²) in [5.41, 5.74) is -0.143. The van der Waals surface area contributed by atoms with Crippen molar-refractivity contribution in [2.24, 2.45) is 5.92 Å². The molecule has 0 saturated carbocycles. The van der Waals surface area contributed by atoms with Gasteiger partial charge in [-0.3, -0.25) is 4.79 Å². The van der Waals surface area contributed by atoms with Crippen molar-refractivity contribution in [1.82, 2.24) is 5.16 Å². The summed E-state index contributed by atoms with van der Waals surface area (Å²) in [6.07, 6.45) is 2.77. The number of ether oxygens (including phenoxy) is 1. The van der Waals surface area contributed by atoms with Gasteiger partial charge in [0.2, 0.25) is 5.60 Å². The van der Waals surface area contributed by atoms with Crippen molar-refractivity contribution >= 4 is 17.7 Å². The summed E-state index contributed by atoms with van der Waals surface area (Å²) >= 11 is 0. The lowest BCUT2D eigenvalue weighted by Crippen LogP contribution is -3.00. The number of aromatic nitrogens is 1. The number of carbonyl (C=O) groups excluding carboxylic acids is 2. The molecule has 4 heterocycles. The van der Waals surface area contributed by atoms with Gasteiger partial charge in [-0.15, -0.1) is 0 Å². The van der Waals surface area contributed by atoms with Crippen LogP contribution in [0.4, 0.5) is 5.82 Å². The second-order valence-corrected chi connectivity index (χ2v) is 9.73. The number of halogens is 1. The molecular weight excluding hydrogens is 526 g/mol. The molecule has 190 valence electrons. The summed E-state index contributed by atoms with van der Waals surface area (Å²) < 4.78 is 11.4. The summed E-state index contributed by atoms with van der Waals surface area (Å²) in [7, 11) is 0. The summed E-state index contributed by atoms with van der Waals surface area (Å²) in [6.45, 7) is 4.39. The van der Waals surface area contributed by atoms with Crippen LogP contribution in [0.25, 0.3) is 0 Å². The molecule has 1 amide bonds. The van der Waals surface area contributed by atoms with Crippen molar-refractivity contribution in [1.29, 1.82) is 0 Å². The molecule has 2 N–H and O–H groups in total. The standard InChI is InChI=1S/C27H29N3O5.BrH/c1-19-7-5-6-10-22(19)27(33,21-8-3-2-4-9-21)26(32)35-23-17-30(14-11-20(23)12-15-30)18-25(31)28-24-13-16-34-29-24;/h2-10,13,16,20,23,33H,11-12,14-15,17-18H2,1H3;1H/t20?,23-,27?,30?;/m0./s1. The summed E-state index contributed by atoms with van der Waals surface area (Å²) in [4.78, 5) is 26.4. The summed E-state index contributed by atoms with van der Waals surface area (Å²) in [5, 5.41) is 18.4. The number of carbonyl (C=O) groups is 2. The molecule has 0 radical (unpaired) electrons. The van der Waals surface area contributed by atoms with Crippen LogP contribution in [-0.4, -0.2) is 58.9 Å². The molecule has 9 heteroatoms. The molecule has 2 aromatic carbocycles. The van der Waals surface area contributed by atoms with E-state index in [2.05, 4.69) is 10.5 Å². The minimum absolute atomic E-state index is 0. The second kappa shape index (κ2) is 10.5. The van der Waals surface area contributed by atoms with Crippen LogP contribution in [0, 0.1) is 12.8 Å². The number of amides is 1. The monoisotopic (exact) mass is 555 g/mol. The fraction of sp³-hybridized carbons (Fsp3) is 0.370. The molecule has 3 fully saturated rings. The van der Waals surface area contributed by atoms with E-state index in [1.807, 2.05) is 31.2 Å². The maximum Gasteiger partial charge on any atom is 0.348 e. The minimum Gasteiger partial charge on any atom is -1.00 e. The summed E-state index contributed by atoms with van der Waals surface area (Å²) in [6, 6.07) is 17.9. The molecular formula is C27H30BrN3O5. The number of hydrogen-bond donors (Lipinski definition) is 2. The van der Waals surface area contributed by atoms with Gasteiger partial charge in [0.05, 0.1) is 13.1 Å². The van der Waals surface area contributed by atoms with Gasteiger partial charge in [0.15, 0.2) is 18.5 Å². The highest BCUT2D eigenvalue weighted by molar-refractivity contribution is 5.90. The highest BCUT2D eigenvalue weighted by Crippen LogP contribution is 2.39. The highest BCUT2D eigenvalue weighted by atomic mass is 79.9. The van der Waals surface area contributed by atoms with Crippen molar-refractivity contribution in [2.45, 2.75) is 31.5 Å². The Kier molecular flexibility index (Phi) is 7.63. The third kappa shape index (κ3) is 4.96. The smallest absolute Gasteiger partial charge is 0.348 e. The van der Waals surface area contributed by atoms with E-state index in [4.69, 9.17) is 9.26 Å². The molecule has 36 heavy (non-hydrogen) atoms. The molecule has 3 aliphatic rings. The molecule has 2 atom stereocenters. The minimum atomic E-state index is -1.92. The number of benzene rings is 2. The maximum absolute atomic E-state index is 13.7. The van der Waals surface area contributed by atoms with Gasteiger partial charge in [0.1, 0.15) is 12.8 Å². The molecule has 3 aliphatic heterocycles. The maximum atomic E-state index is 13.7. The van der Waals surface area contributed by atoms with Crippen molar-refractivity contribution in [2.75, 3.05) is 31.5 Å². The second-order valence-electron chi connectivity index (χ2n) is 9.73. The van der Waals surface area contributed by atoms with Crippen molar-refractivity contribution < 1.29 is 45.4 Å². The van der Waals surface area contributed by atoms with Crippen molar-refractivity contribution in [3.05, 3.63) is 83.6 Å². The SMILES string of the molecule is Cc1ccccc1C(O)(C(=O)O[C@H]1C[N+]2(CC(=O)Nc3ccon3)CCC1CC2)c1ccccc1.[Br-]. The first-order chi connectivity index (χ1) is 16.9. The number of piperidine rings is 3. The molecule has 1 unspecified atom stereocenters. The Bertz CT molecular complexity index is 1200. The third-order valence-electron chi connectivity index (χ3n) is 7.51. The molecule has 1 aromatic heterocycles. The largest absolute Gasteiger partial charge is 1.00 e. The zero-order valence-electron chi connectivity index (χ0n) is 20.1. The topological polar surface area (TPSA) is 102 Å². The van der Waals surface area contributed by atoms with E-state index in [-0.39, 0.29) is 41.5 Å². The lowest BCUT2D eigenvalue weighted by molar-refractivity contribution is -0.939. The van der Waals surface area contributed by atoms with Crippen LogP contribution >= 0.6 is 0 Å². The number of fused-ring (bicyclic) bond motifs is 3. The molecule has 6 rings (SSSR count). The average Bonchev–Trinajstić information content (AvgIpc) is 3.37. The first kappa shape index (κ1) is 26.1. The Balaban J connectivity index is 0.00000304. The lowest BCUT2D eigenvalue weighted by Gasteiger charge is -2.51. The molecule has 0 aliphatic carbocycles. The predicted octanol–water partition coefficient (Wildman–Crippen LogP) is 0.0138.